The average molecular weight is 533 g/mol. The average Bonchev–Trinajstić information content (AvgIpc) is 2.85. The minimum atomic E-state index is -1.20. The number of carbonyl (C=O) groups excluding carboxylic acids is 2. The van der Waals surface area contributed by atoms with Gasteiger partial charge in [-0.3, -0.25) is 9.59 Å². The number of rotatable bonds is 9. The Balaban J connectivity index is 1.59. The zero-order valence-corrected chi connectivity index (χ0v) is 23.3. The molecule has 0 aliphatic carbocycles. The predicted octanol–water partition coefficient (Wildman–Crippen LogP) is 6.01. The topological polar surface area (TPSA) is 114 Å². The van der Waals surface area contributed by atoms with Crippen molar-refractivity contribution in [2.24, 2.45) is 0 Å². The van der Waals surface area contributed by atoms with E-state index in [1.54, 1.807) is 24.3 Å². The van der Waals surface area contributed by atoms with Crippen LogP contribution in [0.4, 0.5) is 11.4 Å². The van der Waals surface area contributed by atoms with Crippen LogP contribution in [-0.2, 0) is 20.4 Å². The quantitative estimate of drug-likeness (QED) is 0.311. The van der Waals surface area contributed by atoms with Crippen LogP contribution in [0.15, 0.2) is 66.7 Å². The lowest BCUT2D eigenvalue weighted by Gasteiger charge is -2.19. The lowest BCUT2D eigenvalue weighted by atomic mass is 9.87. The maximum absolute atomic E-state index is 12.5. The van der Waals surface area contributed by atoms with Gasteiger partial charge in [0.25, 0.3) is 11.8 Å². The van der Waals surface area contributed by atoms with Crippen molar-refractivity contribution in [1.29, 1.82) is 0 Å². The first-order chi connectivity index (χ1) is 18.2. The van der Waals surface area contributed by atoms with E-state index in [0.29, 0.717) is 11.5 Å². The first-order valence-corrected chi connectivity index (χ1v) is 12.7. The zero-order chi connectivity index (χ0) is 28.8. The molecule has 39 heavy (non-hydrogen) atoms. The van der Waals surface area contributed by atoms with E-state index >= 15 is 0 Å². The Labute approximate surface area is 229 Å². The standard InChI is InChI=1S/C31H36N2O6/c1-30(2,3)21-7-11-25(12-8-21)38-18-27(34)32-23-15-20(29(36)37)16-24(17-23)33-28(35)19-39-26-13-9-22(10-14-26)31(4,5)6/h7-17H,18-19H2,1-6H3,(H,32,34)(H,33,35)(H,36,37). The molecule has 3 aromatic rings. The highest BCUT2D eigenvalue weighted by Crippen LogP contribution is 2.26. The summed E-state index contributed by atoms with van der Waals surface area (Å²) in [5.41, 5.74) is 2.61. The highest BCUT2D eigenvalue weighted by molar-refractivity contribution is 5.98. The van der Waals surface area contributed by atoms with Crippen molar-refractivity contribution in [2.45, 2.75) is 52.4 Å². The molecular weight excluding hydrogens is 496 g/mol. The van der Waals surface area contributed by atoms with Crippen molar-refractivity contribution in [3.63, 3.8) is 0 Å². The second-order valence-electron chi connectivity index (χ2n) is 11.3. The molecule has 0 unspecified atom stereocenters. The van der Waals surface area contributed by atoms with Crippen LogP contribution in [0.2, 0.25) is 0 Å². The van der Waals surface area contributed by atoms with Crippen LogP contribution < -0.4 is 20.1 Å². The normalized spacial score (nSPS) is 11.4. The highest BCUT2D eigenvalue weighted by atomic mass is 16.5. The number of benzene rings is 3. The van der Waals surface area contributed by atoms with Crippen LogP contribution >= 0.6 is 0 Å². The van der Waals surface area contributed by atoms with Gasteiger partial charge in [-0.2, -0.15) is 0 Å². The highest BCUT2D eigenvalue weighted by Gasteiger charge is 2.15. The molecule has 0 aliphatic rings. The van der Waals surface area contributed by atoms with E-state index in [9.17, 15) is 19.5 Å². The molecule has 0 spiro atoms. The number of aromatic carboxylic acids is 1. The number of ether oxygens (including phenoxy) is 2. The maximum atomic E-state index is 12.5. The molecular formula is C31H36N2O6. The molecule has 0 saturated carbocycles. The number of amides is 2. The van der Waals surface area contributed by atoms with Crippen molar-refractivity contribution in [1.82, 2.24) is 0 Å². The molecule has 0 aromatic heterocycles. The van der Waals surface area contributed by atoms with Gasteiger partial charge in [0.1, 0.15) is 11.5 Å². The van der Waals surface area contributed by atoms with Crippen LogP contribution in [0.1, 0.15) is 63.0 Å². The summed E-state index contributed by atoms with van der Waals surface area (Å²) in [5, 5.41) is 14.7. The summed E-state index contributed by atoms with van der Waals surface area (Å²) < 4.78 is 11.1. The summed E-state index contributed by atoms with van der Waals surface area (Å²) in [6.45, 7) is 12.1. The number of anilines is 2. The Kier molecular flexibility index (Phi) is 9.01. The van der Waals surface area contributed by atoms with Crippen molar-refractivity contribution in [3.8, 4) is 11.5 Å². The first kappa shape index (κ1) is 29.2. The number of carbonyl (C=O) groups is 3. The fraction of sp³-hybridized carbons (Fsp3) is 0.323. The lowest BCUT2D eigenvalue weighted by Crippen LogP contribution is -2.22. The molecule has 206 valence electrons. The van der Waals surface area contributed by atoms with Gasteiger partial charge in [0, 0.05) is 11.4 Å². The second-order valence-corrected chi connectivity index (χ2v) is 11.3. The molecule has 0 radical (unpaired) electrons. The third-order valence-corrected chi connectivity index (χ3v) is 5.93. The first-order valence-electron chi connectivity index (χ1n) is 12.7. The van der Waals surface area contributed by atoms with Crippen molar-refractivity contribution >= 4 is 29.2 Å². The van der Waals surface area contributed by atoms with Gasteiger partial charge in [-0.15, -0.1) is 0 Å². The molecule has 8 heteroatoms. The Morgan fingerprint density at radius 3 is 1.31 bits per heavy atom. The lowest BCUT2D eigenvalue weighted by molar-refractivity contribution is -0.118. The fourth-order valence-electron chi connectivity index (χ4n) is 3.69. The summed E-state index contributed by atoms with van der Waals surface area (Å²) in [4.78, 5) is 36.6. The summed E-state index contributed by atoms with van der Waals surface area (Å²) in [6, 6.07) is 19.1. The third kappa shape index (κ3) is 8.88. The molecule has 0 heterocycles. The third-order valence-electron chi connectivity index (χ3n) is 5.93. The minimum absolute atomic E-state index is 0.00200. The molecule has 0 fully saturated rings. The van der Waals surface area contributed by atoms with Crippen LogP contribution in [0.5, 0.6) is 11.5 Å². The van der Waals surface area contributed by atoms with Gasteiger partial charge in [-0.05, 0) is 64.4 Å². The SMILES string of the molecule is CC(C)(C)c1ccc(OCC(=O)Nc2cc(NC(=O)COc3ccc(C(C)(C)C)cc3)cc(C(=O)O)c2)cc1. The number of carboxylic acids is 1. The maximum Gasteiger partial charge on any atom is 0.335 e. The van der Waals surface area contributed by atoms with Gasteiger partial charge in [0.15, 0.2) is 13.2 Å². The molecule has 2 amide bonds. The number of hydrogen-bond acceptors (Lipinski definition) is 5. The van der Waals surface area contributed by atoms with Crippen LogP contribution in [0, 0.1) is 0 Å². The van der Waals surface area contributed by atoms with Gasteiger partial charge in [0.2, 0.25) is 0 Å². The molecule has 0 atom stereocenters. The van der Waals surface area contributed by atoms with E-state index < -0.39 is 17.8 Å². The Morgan fingerprint density at radius 1 is 0.641 bits per heavy atom. The van der Waals surface area contributed by atoms with E-state index in [2.05, 4.69) is 52.2 Å². The van der Waals surface area contributed by atoms with E-state index in [4.69, 9.17) is 9.47 Å². The molecule has 0 bridgehead atoms. The van der Waals surface area contributed by atoms with Crippen LogP contribution in [0.25, 0.3) is 0 Å². The molecule has 8 nitrogen and oxygen atoms in total. The van der Waals surface area contributed by atoms with Gasteiger partial charge in [0.05, 0.1) is 5.56 Å². The monoisotopic (exact) mass is 532 g/mol. The van der Waals surface area contributed by atoms with E-state index in [-0.39, 0.29) is 41.0 Å². The van der Waals surface area contributed by atoms with Crippen molar-refractivity contribution < 1.29 is 29.0 Å². The number of carboxylic acid groups (broad SMARTS) is 1. The van der Waals surface area contributed by atoms with Crippen molar-refractivity contribution in [3.05, 3.63) is 83.4 Å². The van der Waals surface area contributed by atoms with E-state index in [1.165, 1.54) is 18.2 Å². The summed E-state index contributed by atoms with van der Waals surface area (Å²) in [7, 11) is 0. The fourth-order valence-corrected chi connectivity index (χ4v) is 3.69. The molecule has 0 aliphatic heterocycles. The summed E-state index contributed by atoms with van der Waals surface area (Å²) >= 11 is 0. The molecule has 3 aromatic carbocycles. The van der Waals surface area contributed by atoms with Gasteiger partial charge in [-0.25, -0.2) is 4.79 Å². The number of hydrogen-bond donors (Lipinski definition) is 3. The van der Waals surface area contributed by atoms with Crippen molar-refractivity contribution in [2.75, 3.05) is 23.8 Å². The summed E-state index contributed by atoms with van der Waals surface area (Å²) in [5.74, 6) is -1.07. The molecule has 3 N–H and O–H groups in total. The van der Waals surface area contributed by atoms with E-state index in [1.807, 2.05) is 24.3 Å². The Hall–Kier alpha value is -4.33. The largest absolute Gasteiger partial charge is 0.484 e. The zero-order valence-electron chi connectivity index (χ0n) is 23.3. The minimum Gasteiger partial charge on any atom is -0.484 e. The Morgan fingerprint density at radius 2 is 1.00 bits per heavy atom. The molecule has 3 rings (SSSR count). The van der Waals surface area contributed by atoms with Gasteiger partial charge < -0.3 is 25.2 Å². The van der Waals surface area contributed by atoms with Crippen LogP contribution in [-0.4, -0.2) is 36.1 Å². The second kappa shape index (κ2) is 12.0. The van der Waals surface area contributed by atoms with Gasteiger partial charge in [-0.1, -0.05) is 65.8 Å². The van der Waals surface area contributed by atoms with Crippen LogP contribution in [0.3, 0.4) is 0 Å². The Bertz CT molecular complexity index is 1220. The number of nitrogens with one attached hydrogen (secondary N) is 2. The smallest absolute Gasteiger partial charge is 0.335 e. The molecule has 0 saturated heterocycles. The summed E-state index contributed by atoms with van der Waals surface area (Å²) in [6.07, 6.45) is 0. The van der Waals surface area contributed by atoms with Gasteiger partial charge >= 0.3 is 5.97 Å². The predicted molar refractivity (Wildman–Crippen MR) is 152 cm³/mol. The van der Waals surface area contributed by atoms with E-state index in [0.717, 1.165) is 11.1 Å².